The first kappa shape index (κ1) is 13.3. The predicted octanol–water partition coefficient (Wildman–Crippen LogP) is 2.76. The molecule has 3 nitrogen and oxygen atoms in total. The molecule has 1 rings (SSSR count). The summed E-state index contributed by atoms with van der Waals surface area (Å²) < 4.78 is 4.96. The molecule has 0 saturated heterocycles. The van der Waals surface area contributed by atoms with Crippen molar-refractivity contribution in [2.24, 2.45) is 0 Å². The van der Waals surface area contributed by atoms with E-state index < -0.39 is 5.97 Å². The van der Waals surface area contributed by atoms with Gasteiger partial charge < -0.3 is 9.64 Å². The summed E-state index contributed by atoms with van der Waals surface area (Å²) in [6.07, 6.45) is 1.17. The zero-order valence-corrected chi connectivity index (χ0v) is 10.5. The molecule has 0 aliphatic rings. The van der Waals surface area contributed by atoms with Crippen molar-refractivity contribution in [3.8, 4) is 0 Å². The summed E-state index contributed by atoms with van der Waals surface area (Å²) in [6.45, 7) is 9.88. The lowest BCUT2D eigenvalue weighted by Crippen LogP contribution is -2.21. The van der Waals surface area contributed by atoms with E-state index >= 15 is 0 Å². The molecule has 92 valence electrons. The van der Waals surface area contributed by atoms with E-state index in [0.717, 1.165) is 18.7 Å². The van der Waals surface area contributed by atoms with Crippen LogP contribution in [0.2, 0.25) is 0 Å². The fourth-order valence-electron chi connectivity index (χ4n) is 1.61. The summed E-state index contributed by atoms with van der Waals surface area (Å²) in [5, 5.41) is 0. The number of carbonyl (C=O) groups is 1. The Morgan fingerprint density at radius 2 is 1.88 bits per heavy atom. The standard InChI is InChI=1S/C14H19NO2/c1-4-14(16)17-11-12-7-9-13(10-8-12)15(5-2)6-3/h4,7-10H,1,5-6,11H2,2-3H3. The van der Waals surface area contributed by atoms with Crippen LogP contribution in [0.25, 0.3) is 0 Å². The summed E-state index contributed by atoms with van der Waals surface area (Å²) in [5.74, 6) is -0.391. The second-order valence-corrected chi connectivity index (χ2v) is 3.65. The zero-order valence-electron chi connectivity index (χ0n) is 10.5. The van der Waals surface area contributed by atoms with Gasteiger partial charge in [0, 0.05) is 24.9 Å². The monoisotopic (exact) mass is 233 g/mol. The maximum absolute atomic E-state index is 10.9. The third kappa shape index (κ3) is 3.94. The third-order valence-electron chi connectivity index (χ3n) is 2.61. The Labute approximate surface area is 103 Å². The van der Waals surface area contributed by atoms with Crippen molar-refractivity contribution < 1.29 is 9.53 Å². The second-order valence-electron chi connectivity index (χ2n) is 3.65. The van der Waals surface area contributed by atoms with Gasteiger partial charge in [-0.05, 0) is 31.5 Å². The summed E-state index contributed by atoms with van der Waals surface area (Å²) in [7, 11) is 0. The lowest BCUT2D eigenvalue weighted by Gasteiger charge is -2.21. The molecule has 0 amide bonds. The Balaban J connectivity index is 2.61. The van der Waals surface area contributed by atoms with Crippen LogP contribution in [0.4, 0.5) is 5.69 Å². The van der Waals surface area contributed by atoms with E-state index in [1.54, 1.807) is 0 Å². The van der Waals surface area contributed by atoms with Gasteiger partial charge in [0.25, 0.3) is 0 Å². The average molecular weight is 233 g/mol. The zero-order chi connectivity index (χ0) is 12.7. The minimum atomic E-state index is -0.391. The maximum Gasteiger partial charge on any atom is 0.330 e. The number of carbonyl (C=O) groups excluding carboxylic acids is 1. The van der Waals surface area contributed by atoms with Crippen LogP contribution < -0.4 is 4.90 Å². The van der Waals surface area contributed by atoms with E-state index in [0.29, 0.717) is 6.61 Å². The van der Waals surface area contributed by atoms with E-state index in [4.69, 9.17) is 4.74 Å². The van der Waals surface area contributed by atoms with E-state index in [9.17, 15) is 4.79 Å². The number of esters is 1. The highest BCUT2D eigenvalue weighted by molar-refractivity contribution is 5.81. The predicted molar refractivity (Wildman–Crippen MR) is 70.0 cm³/mol. The molecule has 0 spiro atoms. The van der Waals surface area contributed by atoms with Crippen LogP contribution in [0.5, 0.6) is 0 Å². The van der Waals surface area contributed by atoms with Crippen molar-refractivity contribution in [1.82, 2.24) is 0 Å². The quantitative estimate of drug-likeness (QED) is 0.559. The number of rotatable bonds is 6. The maximum atomic E-state index is 10.9. The second kappa shape index (κ2) is 6.74. The molecule has 0 aliphatic heterocycles. The van der Waals surface area contributed by atoms with Gasteiger partial charge in [-0.1, -0.05) is 18.7 Å². The highest BCUT2D eigenvalue weighted by Gasteiger charge is 2.02. The van der Waals surface area contributed by atoms with Crippen molar-refractivity contribution in [3.63, 3.8) is 0 Å². The van der Waals surface area contributed by atoms with Crippen LogP contribution in [0.3, 0.4) is 0 Å². The largest absolute Gasteiger partial charge is 0.458 e. The molecule has 0 radical (unpaired) electrons. The summed E-state index contributed by atoms with van der Waals surface area (Å²) in [4.78, 5) is 13.2. The first-order chi connectivity index (χ1) is 8.21. The Bertz CT molecular complexity index is 366. The molecule has 17 heavy (non-hydrogen) atoms. The first-order valence-electron chi connectivity index (χ1n) is 5.84. The Hall–Kier alpha value is -1.77. The Kier molecular flexibility index (Phi) is 5.27. The molecule has 3 heteroatoms. The van der Waals surface area contributed by atoms with E-state index in [1.807, 2.05) is 24.3 Å². The van der Waals surface area contributed by atoms with Crippen molar-refractivity contribution in [2.45, 2.75) is 20.5 Å². The number of benzene rings is 1. The van der Waals surface area contributed by atoms with Gasteiger partial charge in [0.2, 0.25) is 0 Å². The van der Waals surface area contributed by atoms with Crippen molar-refractivity contribution >= 4 is 11.7 Å². The molecular formula is C14H19NO2. The molecule has 0 bridgehead atoms. The highest BCUT2D eigenvalue weighted by Crippen LogP contribution is 2.15. The average Bonchev–Trinajstić information content (AvgIpc) is 2.38. The molecule has 1 aromatic rings. The van der Waals surface area contributed by atoms with Gasteiger partial charge in [-0.3, -0.25) is 0 Å². The van der Waals surface area contributed by atoms with Gasteiger partial charge in [0.1, 0.15) is 6.61 Å². The fourth-order valence-corrected chi connectivity index (χ4v) is 1.61. The number of hydrogen-bond donors (Lipinski definition) is 0. The fraction of sp³-hybridized carbons (Fsp3) is 0.357. The Morgan fingerprint density at radius 1 is 1.29 bits per heavy atom. The molecular weight excluding hydrogens is 214 g/mol. The smallest absolute Gasteiger partial charge is 0.330 e. The molecule has 0 heterocycles. The van der Waals surface area contributed by atoms with Gasteiger partial charge in [-0.25, -0.2) is 4.79 Å². The number of hydrogen-bond acceptors (Lipinski definition) is 3. The molecule has 0 unspecified atom stereocenters. The lowest BCUT2D eigenvalue weighted by atomic mass is 10.2. The van der Waals surface area contributed by atoms with Crippen LogP contribution in [0.1, 0.15) is 19.4 Å². The summed E-state index contributed by atoms with van der Waals surface area (Å²) in [6, 6.07) is 8.04. The molecule has 0 saturated carbocycles. The number of nitrogens with zero attached hydrogens (tertiary/aromatic N) is 1. The molecule has 0 fully saturated rings. The van der Waals surface area contributed by atoms with Gasteiger partial charge in [-0.2, -0.15) is 0 Å². The summed E-state index contributed by atoms with van der Waals surface area (Å²) >= 11 is 0. The molecule has 0 aromatic heterocycles. The van der Waals surface area contributed by atoms with Crippen molar-refractivity contribution in [2.75, 3.05) is 18.0 Å². The third-order valence-corrected chi connectivity index (χ3v) is 2.61. The van der Waals surface area contributed by atoms with E-state index in [1.165, 1.54) is 11.8 Å². The summed E-state index contributed by atoms with van der Waals surface area (Å²) in [5.41, 5.74) is 2.17. The van der Waals surface area contributed by atoms with Crippen LogP contribution >= 0.6 is 0 Å². The molecule has 1 aromatic carbocycles. The van der Waals surface area contributed by atoms with E-state index in [-0.39, 0.29) is 0 Å². The highest BCUT2D eigenvalue weighted by atomic mass is 16.5. The van der Waals surface area contributed by atoms with Gasteiger partial charge in [0.05, 0.1) is 0 Å². The van der Waals surface area contributed by atoms with Gasteiger partial charge >= 0.3 is 5.97 Å². The Morgan fingerprint density at radius 3 is 2.35 bits per heavy atom. The topological polar surface area (TPSA) is 29.5 Å². The van der Waals surface area contributed by atoms with Crippen LogP contribution in [-0.4, -0.2) is 19.1 Å². The first-order valence-corrected chi connectivity index (χ1v) is 5.84. The number of ether oxygens (including phenoxy) is 1. The van der Waals surface area contributed by atoms with E-state index in [2.05, 4.69) is 25.3 Å². The minimum absolute atomic E-state index is 0.295. The molecule has 0 aliphatic carbocycles. The van der Waals surface area contributed by atoms with Crippen LogP contribution in [0, 0.1) is 0 Å². The lowest BCUT2D eigenvalue weighted by molar-refractivity contribution is -0.138. The van der Waals surface area contributed by atoms with Crippen molar-refractivity contribution in [3.05, 3.63) is 42.5 Å². The molecule has 0 N–H and O–H groups in total. The van der Waals surface area contributed by atoms with Gasteiger partial charge in [-0.15, -0.1) is 0 Å². The number of anilines is 1. The van der Waals surface area contributed by atoms with Crippen molar-refractivity contribution in [1.29, 1.82) is 0 Å². The SMILES string of the molecule is C=CC(=O)OCc1ccc(N(CC)CC)cc1. The van der Waals surface area contributed by atoms with Crippen LogP contribution in [-0.2, 0) is 16.1 Å². The van der Waals surface area contributed by atoms with Gasteiger partial charge in [0.15, 0.2) is 0 Å². The van der Waals surface area contributed by atoms with Crippen LogP contribution in [0.15, 0.2) is 36.9 Å². The molecule has 0 atom stereocenters. The normalized spacial score (nSPS) is 9.76. The minimum Gasteiger partial charge on any atom is -0.458 e.